The fraction of sp³-hybridized carbons (Fsp3) is 0.200. The normalized spacial score (nSPS) is 17.7. The van der Waals surface area contributed by atoms with E-state index in [0.29, 0.717) is 33.5 Å². The number of aromatic nitrogens is 8. The molecule has 0 saturated heterocycles. The first kappa shape index (κ1) is 19.7. The lowest BCUT2D eigenvalue weighted by Crippen LogP contribution is -2.15. The van der Waals surface area contributed by atoms with Gasteiger partial charge in [-0.3, -0.25) is 9.89 Å². The summed E-state index contributed by atoms with van der Waals surface area (Å²) < 4.78 is 30.2. The van der Waals surface area contributed by atoms with Crippen molar-refractivity contribution in [2.24, 2.45) is 5.92 Å². The van der Waals surface area contributed by atoms with Crippen molar-refractivity contribution in [3.8, 4) is 11.1 Å². The zero-order chi connectivity index (χ0) is 22.7. The lowest BCUT2D eigenvalue weighted by Gasteiger charge is -2.12. The van der Waals surface area contributed by atoms with Crippen LogP contribution in [0.25, 0.3) is 27.7 Å². The number of tetrazole rings is 1. The lowest BCUT2D eigenvalue weighted by molar-refractivity contribution is -0.117. The summed E-state index contributed by atoms with van der Waals surface area (Å²) in [5.41, 5.74) is 2.34. The van der Waals surface area contributed by atoms with Crippen LogP contribution in [0.5, 0.6) is 0 Å². The number of anilines is 1. The van der Waals surface area contributed by atoms with Gasteiger partial charge in [-0.15, -0.1) is 10.2 Å². The second-order valence-electron chi connectivity index (χ2n) is 7.76. The first-order valence-corrected chi connectivity index (χ1v) is 10.3. The first-order chi connectivity index (χ1) is 16.0. The van der Waals surface area contributed by atoms with E-state index in [-0.39, 0.29) is 23.6 Å². The number of hydrogen-bond acceptors (Lipinski definition) is 6. The monoisotopic (exact) mass is 469 g/mol. The fourth-order valence-electron chi connectivity index (χ4n) is 3.86. The summed E-state index contributed by atoms with van der Waals surface area (Å²) in [5, 5.41) is 21.4. The van der Waals surface area contributed by atoms with Gasteiger partial charge in [0, 0.05) is 28.3 Å². The van der Waals surface area contributed by atoms with E-state index in [2.05, 4.69) is 35.9 Å². The highest BCUT2D eigenvalue weighted by atomic mass is 35.5. The summed E-state index contributed by atoms with van der Waals surface area (Å²) in [6.45, 7) is 0.0227. The summed E-state index contributed by atoms with van der Waals surface area (Å²) in [6, 6.07) is 3.46. The SMILES string of the molecule is O=C(Nc1cn2cc(-c3c(Cl)c(F)c(Cn4ncnn4)c4[nH]ncc34)ccc2n1)C1CC1F. The molecule has 4 aromatic heterocycles. The molecule has 13 heteroatoms. The van der Waals surface area contributed by atoms with Crippen LogP contribution in [0.15, 0.2) is 37.1 Å². The number of alkyl halides is 1. The molecular weight excluding hydrogens is 456 g/mol. The smallest absolute Gasteiger partial charge is 0.231 e. The molecule has 166 valence electrons. The fourth-order valence-corrected chi connectivity index (χ4v) is 4.19. The van der Waals surface area contributed by atoms with Crippen LogP contribution in [0.3, 0.4) is 0 Å². The van der Waals surface area contributed by atoms with E-state index < -0.39 is 23.8 Å². The van der Waals surface area contributed by atoms with Crippen LogP contribution in [0.1, 0.15) is 12.0 Å². The van der Waals surface area contributed by atoms with Crippen LogP contribution in [0.2, 0.25) is 5.02 Å². The van der Waals surface area contributed by atoms with Gasteiger partial charge in [-0.05, 0) is 23.8 Å². The molecule has 1 aliphatic carbocycles. The molecule has 2 N–H and O–H groups in total. The number of rotatable bonds is 5. The van der Waals surface area contributed by atoms with Gasteiger partial charge in [0.25, 0.3) is 0 Å². The molecule has 6 rings (SSSR count). The Labute approximate surface area is 188 Å². The summed E-state index contributed by atoms with van der Waals surface area (Å²) in [6.07, 6.45) is 5.30. The molecular formula is C20H14ClF2N9O. The van der Waals surface area contributed by atoms with Gasteiger partial charge in [0.15, 0.2) is 12.1 Å². The molecule has 0 spiro atoms. The molecule has 0 aliphatic heterocycles. The number of H-pyrrole nitrogens is 1. The lowest BCUT2D eigenvalue weighted by atomic mass is 9.99. The molecule has 1 saturated carbocycles. The quantitative estimate of drug-likeness (QED) is 0.408. The molecule has 4 heterocycles. The van der Waals surface area contributed by atoms with Gasteiger partial charge < -0.3 is 9.72 Å². The van der Waals surface area contributed by atoms with Gasteiger partial charge in [0.2, 0.25) is 5.91 Å². The largest absolute Gasteiger partial charge is 0.309 e. The molecule has 1 aromatic carbocycles. The third-order valence-corrected chi connectivity index (χ3v) is 5.97. The Morgan fingerprint density at radius 3 is 2.94 bits per heavy atom. The topological polar surface area (TPSA) is 119 Å². The van der Waals surface area contributed by atoms with Gasteiger partial charge in [-0.25, -0.2) is 13.8 Å². The second-order valence-corrected chi connectivity index (χ2v) is 8.14. The van der Waals surface area contributed by atoms with Crippen LogP contribution >= 0.6 is 11.6 Å². The summed E-state index contributed by atoms with van der Waals surface area (Å²) >= 11 is 6.49. The number of aromatic amines is 1. The number of nitrogens with one attached hydrogen (secondary N) is 2. The Morgan fingerprint density at radius 2 is 2.18 bits per heavy atom. The summed E-state index contributed by atoms with van der Waals surface area (Å²) in [4.78, 5) is 17.6. The van der Waals surface area contributed by atoms with Crippen molar-refractivity contribution in [1.82, 2.24) is 39.8 Å². The van der Waals surface area contributed by atoms with Crippen molar-refractivity contribution in [2.45, 2.75) is 19.1 Å². The van der Waals surface area contributed by atoms with E-state index in [1.54, 1.807) is 35.1 Å². The molecule has 0 radical (unpaired) electrons. The van der Waals surface area contributed by atoms with Crippen molar-refractivity contribution in [3.63, 3.8) is 0 Å². The second kappa shape index (κ2) is 7.30. The third-order valence-electron chi connectivity index (χ3n) is 5.62. The van der Waals surface area contributed by atoms with Crippen LogP contribution in [0.4, 0.5) is 14.6 Å². The Bertz CT molecular complexity index is 1530. The number of carbonyl (C=O) groups excluding carboxylic acids is 1. The highest BCUT2D eigenvalue weighted by Crippen LogP contribution is 2.39. The van der Waals surface area contributed by atoms with E-state index in [1.165, 1.54) is 11.1 Å². The van der Waals surface area contributed by atoms with Crippen LogP contribution in [-0.4, -0.2) is 51.9 Å². The molecule has 1 fully saturated rings. The molecule has 1 amide bonds. The van der Waals surface area contributed by atoms with Crippen molar-refractivity contribution in [2.75, 3.05) is 5.32 Å². The third kappa shape index (κ3) is 3.30. The average Bonchev–Trinajstić information content (AvgIpc) is 3.22. The van der Waals surface area contributed by atoms with Crippen LogP contribution < -0.4 is 5.32 Å². The van der Waals surface area contributed by atoms with Gasteiger partial charge in [-0.2, -0.15) is 9.90 Å². The van der Waals surface area contributed by atoms with Gasteiger partial charge in [0.05, 0.1) is 35.4 Å². The van der Waals surface area contributed by atoms with E-state index >= 15 is 4.39 Å². The van der Waals surface area contributed by atoms with Crippen molar-refractivity contribution < 1.29 is 13.6 Å². The predicted octanol–water partition coefficient (Wildman–Crippen LogP) is 3.00. The number of hydrogen-bond donors (Lipinski definition) is 2. The van der Waals surface area contributed by atoms with E-state index in [0.717, 1.165) is 0 Å². The van der Waals surface area contributed by atoms with Crippen molar-refractivity contribution in [1.29, 1.82) is 0 Å². The number of carbonyl (C=O) groups is 1. The molecule has 0 bridgehead atoms. The minimum Gasteiger partial charge on any atom is -0.309 e. The highest BCUT2D eigenvalue weighted by Gasteiger charge is 2.43. The summed E-state index contributed by atoms with van der Waals surface area (Å²) in [7, 11) is 0. The van der Waals surface area contributed by atoms with E-state index in [9.17, 15) is 9.18 Å². The Kier molecular flexibility index (Phi) is 4.37. The van der Waals surface area contributed by atoms with Gasteiger partial charge in [-0.1, -0.05) is 11.6 Å². The number of fused-ring (bicyclic) bond motifs is 2. The van der Waals surface area contributed by atoms with Crippen LogP contribution in [0, 0.1) is 11.7 Å². The van der Waals surface area contributed by atoms with Crippen molar-refractivity contribution in [3.05, 3.63) is 53.5 Å². The number of imidazole rings is 1. The highest BCUT2D eigenvalue weighted by molar-refractivity contribution is 6.35. The van der Waals surface area contributed by atoms with Gasteiger partial charge in [0.1, 0.15) is 17.6 Å². The minimum absolute atomic E-state index is 0.0227. The average molecular weight is 470 g/mol. The van der Waals surface area contributed by atoms with E-state index in [4.69, 9.17) is 11.6 Å². The summed E-state index contributed by atoms with van der Waals surface area (Å²) in [5.74, 6) is -1.33. The number of amides is 1. The first-order valence-electron chi connectivity index (χ1n) is 9.97. The minimum atomic E-state index is -1.09. The Morgan fingerprint density at radius 1 is 1.33 bits per heavy atom. The molecule has 5 aromatic rings. The Hall–Kier alpha value is -3.93. The molecule has 1 aliphatic rings. The maximum absolute atomic E-state index is 15.4. The number of nitrogens with zero attached hydrogens (tertiary/aromatic N) is 7. The molecule has 33 heavy (non-hydrogen) atoms. The molecule has 10 nitrogen and oxygen atoms in total. The Balaban J connectivity index is 1.41. The molecule has 2 atom stereocenters. The molecule has 2 unspecified atom stereocenters. The maximum atomic E-state index is 15.4. The van der Waals surface area contributed by atoms with Crippen LogP contribution in [-0.2, 0) is 11.3 Å². The zero-order valence-electron chi connectivity index (χ0n) is 16.7. The number of benzene rings is 1. The number of pyridine rings is 1. The standard InChI is InChI=1S/C20H14ClF2N9O/c21-17-16(11-4-24-29-19(11)12(18(17)23)6-32-26-8-25-30-32)9-1-2-15-27-14(7-31(15)5-9)28-20(33)10-3-13(10)22/h1-2,4-5,7-8,10,13H,3,6H2,(H,24,29)(H,28,33). The zero-order valence-corrected chi connectivity index (χ0v) is 17.5. The van der Waals surface area contributed by atoms with E-state index in [1.807, 2.05) is 0 Å². The number of halogens is 3. The maximum Gasteiger partial charge on any atom is 0.231 e. The van der Waals surface area contributed by atoms with Crippen molar-refractivity contribution >= 4 is 39.9 Å². The van der Waals surface area contributed by atoms with Gasteiger partial charge >= 0.3 is 0 Å². The predicted molar refractivity (Wildman–Crippen MR) is 114 cm³/mol.